The number of benzene rings is 1. The Balaban J connectivity index is 2.90. The van der Waals surface area contributed by atoms with Crippen molar-refractivity contribution >= 4 is 17.3 Å². The summed E-state index contributed by atoms with van der Waals surface area (Å²) in [5, 5.41) is 13.2. The third kappa shape index (κ3) is 3.91. The standard InChI is InChI=1S/C14H22ClNO3/c1-5-14(2,9-17)8-16-11-7-13(19-4)12(18-3)6-10(11)15/h6-7,16-17H,5,8-9H2,1-4H3. The lowest BCUT2D eigenvalue weighted by Crippen LogP contribution is -2.29. The van der Waals surface area contributed by atoms with Gasteiger partial charge >= 0.3 is 0 Å². The van der Waals surface area contributed by atoms with E-state index in [1.807, 2.05) is 13.8 Å². The van der Waals surface area contributed by atoms with E-state index in [1.54, 1.807) is 26.4 Å². The minimum Gasteiger partial charge on any atom is -0.493 e. The maximum atomic E-state index is 9.40. The van der Waals surface area contributed by atoms with Crippen LogP contribution in [0.3, 0.4) is 0 Å². The summed E-state index contributed by atoms with van der Waals surface area (Å²) in [5.41, 5.74) is 0.601. The van der Waals surface area contributed by atoms with Crippen molar-refractivity contribution in [2.24, 2.45) is 5.41 Å². The van der Waals surface area contributed by atoms with Crippen molar-refractivity contribution in [2.45, 2.75) is 20.3 Å². The predicted octanol–water partition coefficient (Wildman–Crippen LogP) is 3.18. The summed E-state index contributed by atoms with van der Waals surface area (Å²) in [6.45, 7) is 4.83. The number of nitrogens with one attached hydrogen (secondary N) is 1. The molecule has 0 heterocycles. The zero-order valence-electron chi connectivity index (χ0n) is 11.9. The van der Waals surface area contributed by atoms with E-state index in [2.05, 4.69) is 5.32 Å². The van der Waals surface area contributed by atoms with Gasteiger partial charge in [-0.25, -0.2) is 0 Å². The molecule has 1 aromatic carbocycles. The van der Waals surface area contributed by atoms with Crippen LogP contribution in [-0.4, -0.2) is 32.5 Å². The van der Waals surface area contributed by atoms with Crippen LogP contribution < -0.4 is 14.8 Å². The molecule has 19 heavy (non-hydrogen) atoms. The molecule has 1 aromatic rings. The van der Waals surface area contributed by atoms with Crippen LogP contribution in [0.15, 0.2) is 12.1 Å². The lowest BCUT2D eigenvalue weighted by molar-refractivity contribution is 0.149. The van der Waals surface area contributed by atoms with E-state index in [-0.39, 0.29) is 12.0 Å². The van der Waals surface area contributed by atoms with Crippen molar-refractivity contribution in [1.29, 1.82) is 0 Å². The summed E-state index contributed by atoms with van der Waals surface area (Å²) >= 11 is 6.19. The van der Waals surface area contributed by atoms with E-state index < -0.39 is 0 Å². The molecule has 2 N–H and O–H groups in total. The number of anilines is 1. The Morgan fingerprint density at radius 2 is 1.84 bits per heavy atom. The van der Waals surface area contributed by atoms with Gasteiger partial charge in [-0.15, -0.1) is 0 Å². The number of aliphatic hydroxyl groups excluding tert-OH is 1. The van der Waals surface area contributed by atoms with Crippen LogP contribution in [0, 0.1) is 5.41 Å². The number of ether oxygens (including phenoxy) is 2. The second-order valence-electron chi connectivity index (χ2n) is 4.86. The molecule has 0 aromatic heterocycles. The molecule has 1 unspecified atom stereocenters. The lowest BCUT2D eigenvalue weighted by Gasteiger charge is -2.26. The third-order valence-electron chi connectivity index (χ3n) is 3.41. The molecule has 0 aliphatic heterocycles. The summed E-state index contributed by atoms with van der Waals surface area (Å²) in [5.74, 6) is 1.22. The fraction of sp³-hybridized carbons (Fsp3) is 0.571. The second-order valence-corrected chi connectivity index (χ2v) is 5.27. The van der Waals surface area contributed by atoms with Crippen molar-refractivity contribution in [3.05, 3.63) is 17.2 Å². The molecule has 5 heteroatoms. The lowest BCUT2D eigenvalue weighted by atomic mass is 9.88. The SMILES string of the molecule is CCC(C)(CO)CNc1cc(OC)c(OC)cc1Cl. The van der Waals surface area contributed by atoms with Gasteiger partial charge in [-0.2, -0.15) is 0 Å². The molecule has 0 bridgehead atoms. The minimum absolute atomic E-state index is 0.126. The highest BCUT2D eigenvalue weighted by Gasteiger charge is 2.21. The molecule has 0 fully saturated rings. The van der Waals surface area contributed by atoms with E-state index in [0.29, 0.717) is 23.1 Å². The molecule has 0 amide bonds. The first kappa shape index (κ1) is 15.9. The van der Waals surface area contributed by atoms with Gasteiger partial charge in [0.15, 0.2) is 11.5 Å². The molecular weight excluding hydrogens is 266 g/mol. The quantitative estimate of drug-likeness (QED) is 0.809. The van der Waals surface area contributed by atoms with Gasteiger partial charge in [-0.05, 0) is 6.42 Å². The van der Waals surface area contributed by atoms with E-state index in [9.17, 15) is 5.11 Å². The van der Waals surface area contributed by atoms with Gasteiger partial charge in [-0.1, -0.05) is 25.4 Å². The number of rotatable bonds is 7. The van der Waals surface area contributed by atoms with Crippen LogP contribution in [0.1, 0.15) is 20.3 Å². The first-order valence-electron chi connectivity index (χ1n) is 6.26. The molecule has 108 valence electrons. The Kier molecular flexibility index (Phi) is 5.76. The molecule has 0 spiro atoms. The van der Waals surface area contributed by atoms with Crippen LogP contribution in [0.2, 0.25) is 5.02 Å². The number of halogens is 1. The number of aliphatic hydroxyl groups is 1. The van der Waals surface area contributed by atoms with Crippen molar-refractivity contribution in [1.82, 2.24) is 0 Å². The highest BCUT2D eigenvalue weighted by atomic mass is 35.5. The zero-order chi connectivity index (χ0) is 14.5. The van der Waals surface area contributed by atoms with Gasteiger partial charge in [0.2, 0.25) is 0 Å². The summed E-state index contributed by atoms with van der Waals surface area (Å²) in [6.07, 6.45) is 0.876. The van der Waals surface area contributed by atoms with Gasteiger partial charge < -0.3 is 19.9 Å². The van der Waals surface area contributed by atoms with Gasteiger partial charge in [-0.3, -0.25) is 0 Å². The van der Waals surface area contributed by atoms with Crippen LogP contribution in [0.4, 0.5) is 5.69 Å². The zero-order valence-corrected chi connectivity index (χ0v) is 12.7. The van der Waals surface area contributed by atoms with Crippen molar-refractivity contribution in [3.63, 3.8) is 0 Å². The highest BCUT2D eigenvalue weighted by molar-refractivity contribution is 6.33. The number of hydrogen-bond acceptors (Lipinski definition) is 4. The monoisotopic (exact) mass is 287 g/mol. The predicted molar refractivity (Wildman–Crippen MR) is 78.5 cm³/mol. The summed E-state index contributed by atoms with van der Waals surface area (Å²) in [7, 11) is 3.15. The van der Waals surface area contributed by atoms with E-state index in [4.69, 9.17) is 21.1 Å². The number of hydrogen-bond donors (Lipinski definition) is 2. The molecular formula is C14H22ClNO3. The summed E-state index contributed by atoms with van der Waals surface area (Å²) in [6, 6.07) is 3.51. The average molecular weight is 288 g/mol. The Morgan fingerprint density at radius 3 is 2.32 bits per heavy atom. The van der Waals surface area contributed by atoms with Crippen LogP contribution in [-0.2, 0) is 0 Å². The molecule has 0 saturated carbocycles. The van der Waals surface area contributed by atoms with E-state index in [0.717, 1.165) is 12.1 Å². The van der Waals surface area contributed by atoms with Gasteiger partial charge in [0.1, 0.15) is 0 Å². The van der Waals surface area contributed by atoms with Gasteiger partial charge in [0.05, 0.1) is 31.5 Å². The van der Waals surface area contributed by atoms with Crippen molar-refractivity contribution in [3.8, 4) is 11.5 Å². The largest absolute Gasteiger partial charge is 0.493 e. The van der Waals surface area contributed by atoms with Crippen molar-refractivity contribution < 1.29 is 14.6 Å². The summed E-state index contributed by atoms with van der Waals surface area (Å²) in [4.78, 5) is 0. The highest BCUT2D eigenvalue weighted by Crippen LogP contribution is 2.36. The Labute approximate surface area is 119 Å². The Bertz CT molecular complexity index is 419. The van der Waals surface area contributed by atoms with Crippen molar-refractivity contribution in [2.75, 3.05) is 32.7 Å². The van der Waals surface area contributed by atoms with Gasteiger partial charge in [0, 0.05) is 24.1 Å². The minimum atomic E-state index is -0.170. The first-order valence-corrected chi connectivity index (χ1v) is 6.63. The molecule has 0 radical (unpaired) electrons. The number of methoxy groups -OCH3 is 2. The van der Waals surface area contributed by atoms with E-state index in [1.165, 1.54) is 0 Å². The van der Waals surface area contributed by atoms with E-state index >= 15 is 0 Å². The Hall–Kier alpha value is -1.13. The van der Waals surface area contributed by atoms with Crippen LogP contribution in [0.5, 0.6) is 11.5 Å². The average Bonchev–Trinajstić information content (AvgIpc) is 2.45. The topological polar surface area (TPSA) is 50.7 Å². The first-order chi connectivity index (χ1) is 8.99. The maximum Gasteiger partial charge on any atom is 0.162 e. The summed E-state index contributed by atoms with van der Waals surface area (Å²) < 4.78 is 10.4. The second kappa shape index (κ2) is 6.87. The molecule has 1 rings (SSSR count). The fourth-order valence-corrected chi connectivity index (χ4v) is 1.81. The Morgan fingerprint density at radius 1 is 1.26 bits per heavy atom. The molecule has 1 atom stereocenters. The normalized spacial score (nSPS) is 13.8. The van der Waals surface area contributed by atoms with Crippen LogP contribution in [0.25, 0.3) is 0 Å². The molecule has 0 saturated heterocycles. The third-order valence-corrected chi connectivity index (χ3v) is 3.73. The van der Waals surface area contributed by atoms with Gasteiger partial charge in [0.25, 0.3) is 0 Å². The molecule has 4 nitrogen and oxygen atoms in total. The molecule has 0 aliphatic carbocycles. The molecule has 0 aliphatic rings. The smallest absolute Gasteiger partial charge is 0.162 e. The fourth-order valence-electron chi connectivity index (χ4n) is 1.59. The maximum absolute atomic E-state index is 9.40. The van der Waals surface area contributed by atoms with Crippen LogP contribution >= 0.6 is 11.6 Å².